The lowest BCUT2D eigenvalue weighted by Gasteiger charge is -2.07. The Bertz CT molecular complexity index is 1010. The van der Waals surface area contributed by atoms with Gasteiger partial charge in [0.15, 0.2) is 11.5 Å². The van der Waals surface area contributed by atoms with Gasteiger partial charge in [-0.05, 0) is 47.0 Å². The van der Waals surface area contributed by atoms with E-state index in [1.165, 1.54) is 6.08 Å². The van der Waals surface area contributed by atoms with Gasteiger partial charge in [-0.25, -0.2) is 0 Å². The van der Waals surface area contributed by atoms with Crippen LogP contribution in [-0.4, -0.2) is 20.1 Å². The Labute approximate surface area is 171 Å². The van der Waals surface area contributed by atoms with E-state index in [-0.39, 0.29) is 5.91 Å². The van der Waals surface area contributed by atoms with Gasteiger partial charge in [-0.3, -0.25) is 4.79 Å². The number of amides is 1. The standard InChI is InChI=1S/C25H23NO3/c1-28-23-16-12-21(18-24(23)29-2)13-17-25(27)26-22-14-10-20(11-15-22)9-8-19-6-4-3-5-7-19/h3-18H,1-2H3,(H,26,27)/b9-8+,17-13+. The molecule has 0 atom stereocenters. The number of rotatable bonds is 7. The molecular weight excluding hydrogens is 362 g/mol. The van der Waals surface area contributed by atoms with E-state index in [4.69, 9.17) is 9.47 Å². The molecule has 1 N–H and O–H groups in total. The van der Waals surface area contributed by atoms with Crippen LogP contribution in [0.15, 0.2) is 78.9 Å². The third-order valence-electron chi connectivity index (χ3n) is 4.28. The minimum Gasteiger partial charge on any atom is -0.493 e. The summed E-state index contributed by atoms with van der Waals surface area (Å²) in [5.74, 6) is 1.07. The Kier molecular flexibility index (Phi) is 6.85. The number of methoxy groups -OCH3 is 2. The molecule has 3 aromatic rings. The fourth-order valence-electron chi connectivity index (χ4n) is 2.75. The average molecular weight is 385 g/mol. The molecule has 0 aliphatic carbocycles. The molecule has 0 saturated heterocycles. The molecule has 0 saturated carbocycles. The first-order chi connectivity index (χ1) is 14.2. The second-order valence-electron chi connectivity index (χ2n) is 6.30. The smallest absolute Gasteiger partial charge is 0.248 e. The van der Waals surface area contributed by atoms with Gasteiger partial charge in [0.2, 0.25) is 5.91 Å². The Morgan fingerprint density at radius 2 is 1.34 bits per heavy atom. The molecule has 4 nitrogen and oxygen atoms in total. The molecule has 0 fully saturated rings. The summed E-state index contributed by atoms with van der Waals surface area (Å²) in [5, 5.41) is 2.86. The molecular formula is C25H23NO3. The van der Waals surface area contributed by atoms with Crippen LogP contribution in [0.1, 0.15) is 16.7 Å². The molecule has 0 aliphatic heterocycles. The van der Waals surface area contributed by atoms with Crippen LogP contribution in [0.25, 0.3) is 18.2 Å². The second-order valence-corrected chi connectivity index (χ2v) is 6.30. The lowest BCUT2D eigenvalue weighted by Crippen LogP contribution is -2.07. The third kappa shape index (κ3) is 5.84. The summed E-state index contributed by atoms with van der Waals surface area (Å²) in [5.41, 5.74) is 3.79. The van der Waals surface area contributed by atoms with Crippen molar-refractivity contribution in [2.75, 3.05) is 19.5 Å². The molecule has 0 unspecified atom stereocenters. The van der Waals surface area contributed by atoms with Crippen molar-refractivity contribution >= 4 is 29.8 Å². The molecule has 0 bridgehead atoms. The number of nitrogens with one attached hydrogen (secondary N) is 1. The molecule has 4 heteroatoms. The van der Waals surface area contributed by atoms with Crippen molar-refractivity contribution in [3.63, 3.8) is 0 Å². The fourth-order valence-corrected chi connectivity index (χ4v) is 2.75. The Hall–Kier alpha value is -3.79. The zero-order chi connectivity index (χ0) is 20.5. The Morgan fingerprint density at radius 1 is 0.724 bits per heavy atom. The lowest BCUT2D eigenvalue weighted by molar-refractivity contribution is -0.111. The fraction of sp³-hybridized carbons (Fsp3) is 0.0800. The van der Waals surface area contributed by atoms with E-state index in [0.717, 1.165) is 22.4 Å². The maximum Gasteiger partial charge on any atom is 0.248 e. The van der Waals surface area contributed by atoms with Crippen LogP contribution >= 0.6 is 0 Å². The van der Waals surface area contributed by atoms with Gasteiger partial charge in [-0.2, -0.15) is 0 Å². The van der Waals surface area contributed by atoms with Crippen LogP contribution in [0.2, 0.25) is 0 Å². The van der Waals surface area contributed by atoms with E-state index < -0.39 is 0 Å². The SMILES string of the molecule is COc1ccc(/C=C/C(=O)Nc2ccc(/C=C/c3ccccc3)cc2)cc1OC. The predicted octanol–water partition coefficient (Wildman–Crippen LogP) is 5.53. The molecule has 29 heavy (non-hydrogen) atoms. The number of carbonyl (C=O) groups is 1. The van der Waals surface area contributed by atoms with E-state index in [0.29, 0.717) is 11.5 Å². The second kappa shape index (κ2) is 9.95. The maximum absolute atomic E-state index is 12.2. The van der Waals surface area contributed by atoms with Gasteiger partial charge in [-0.1, -0.05) is 60.7 Å². The highest BCUT2D eigenvalue weighted by Gasteiger charge is 2.03. The van der Waals surface area contributed by atoms with Crippen molar-refractivity contribution in [1.29, 1.82) is 0 Å². The van der Waals surface area contributed by atoms with E-state index in [9.17, 15) is 4.79 Å². The minimum absolute atomic E-state index is 0.202. The zero-order valence-corrected chi connectivity index (χ0v) is 16.5. The Balaban J connectivity index is 1.59. The summed E-state index contributed by atoms with van der Waals surface area (Å²) >= 11 is 0. The number of anilines is 1. The highest BCUT2D eigenvalue weighted by molar-refractivity contribution is 6.02. The largest absolute Gasteiger partial charge is 0.493 e. The van der Waals surface area contributed by atoms with Gasteiger partial charge in [0.05, 0.1) is 14.2 Å². The maximum atomic E-state index is 12.2. The molecule has 146 valence electrons. The summed E-state index contributed by atoms with van der Waals surface area (Å²) in [6.07, 6.45) is 7.32. The van der Waals surface area contributed by atoms with Crippen molar-refractivity contribution in [3.05, 3.63) is 95.6 Å². The topological polar surface area (TPSA) is 47.6 Å². The van der Waals surface area contributed by atoms with Gasteiger partial charge >= 0.3 is 0 Å². The number of ether oxygens (including phenoxy) is 2. The van der Waals surface area contributed by atoms with Crippen molar-refractivity contribution in [3.8, 4) is 11.5 Å². The lowest BCUT2D eigenvalue weighted by atomic mass is 10.1. The summed E-state index contributed by atoms with van der Waals surface area (Å²) in [7, 11) is 3.17. The monoisotopic (exact) mass is 385 g/mol. The van der Waals surface area contributed by atoms with Crippen molar-refractivity contribution in [2.45, 2.75) is 0 Å². The van der Waals surface area contributed by atoms with Gasteiger partial charge in [0.25, 0.3) is 0 Å². The predicted molar refractivity (Wildman–Crippen MR) is 119 cm³/mol. The van der Waals surface area contributed by atoms with Crippen molar-refractivity contribution in [2.24, 2.45) is 0 Å². The van der Waals surface area contributed by atoms with E-state index in [1.807, 2.05) is 60.7 Å². The number of hydrogen-bond acceptors (Lipinski definition) is 3. The van der Waals surface area contributed by atoms with Gasteiger partial charge in [-0.15, -0.1) is 0 Å². The van der Waals surface area contributed by atoms with E-state index >= 15 is 0 Å². The zero-order valence-electron chi connectivity index (χ0n) is 16.5. The van der Waals surface area contributed by atoms with Crippen LogP contribution < -0.4 is 14.8 Å². The normalized spacial score (nSPS) is 11.0. The van der Waals surface area contributed by atoms with Gasteiger partial charge in [0, 0.05) is 11.8 Å². The molecule has 0 radical (unpaired) electrons. The van der Waals surface area contributed by atoms with Gasteiger partial charge < -0.3 is 14.8 Å². The van der Waals surface area contributed by atoms with Crippen LogP contribution in [0.4, 0.5) is 5.69 Å². The van der Waals surface area contributed by atoms with Crippen molar-refractivity contribution in [1.82, 2.24) is 0 Å². The first-order valence-corrected chi connectivity index (χ1v) is 9.22. The summed E-state index contributed by atoms with van der Waals surface area (Å²) in [4.78, 5) is 12.2. The van der Waals surface area contributed by atoms with E-state index in [2.05, 4.69) is 23.5 Å². The molecule has 3 aromatic carbocycles. The molecule has 0 aromatic heterocycles. The highest BCUT2D eigenvalue weighted by Crippen LogP contribution is 2.28. The summed E-state index contributed by atoms with van der Waals surface area (Å²) < 4.78 is 10.5. The summed E-state index contributed by atoms with van der Waals surface area (Å²) in [6.45, 7) is 0. The Morgan fingerprint density at radius 3 is 2.00 bits per heavy atom. The minimum atomic E-state index is -0.202. The number of carbonyl (C=O) groups excluding carboxylic acids is 1. The highest BCUT2D eigenvalue weighted by atomic mass is 16.5. The molecule has 0 spiro atoms. The first kappa shape index (κ1) is 20.0. The van der Waals surface area contributed by atoms with Crippen LogP contribution in [0, 0.1) is 0 Å². The van der Waals surface area contributed by atoms with Crippen LogP contribution in [0.3, 0.4) is 0 Å². The first-order valence-electron chi connectivity index (χ1n) is 9.22. The quantitative estimate of drug-likeness (QED) is 0.430. The molecule has 0 aliphatic rings. The molecule has 3 rings (SSSR count). The number of benzene rings is 3. The molecule has 1 amide bonds. The van der Waals surface area contributed by atoms with Gasteiger partial charge in [0.1, 0.15) is 0 Å². The molecule has 0 heterocycles. The van der Waals surface area contributed by atoms with Crippen LogP contribution in [0.5, 0.6) is 11.5 Å². The van der Waals surface area contributed by atoms with Crippen molar-refractivity contribution < 1.29 is 14.3 Å². The average Bonchev–Trinajstić information content (AvgIpc) is 2.77. The summed E-state index contributed by atoms with van der Waals surface area (Å²) in [6, 6.07) is 23.3. The number of hydrogen-bond donors (Lipinski definition) is 1. The van der Waals surface area contributed by atoms with E-state index in [1.54, 1.807) is 26.4 Å². The third-order valence-corrected chi connectivity index (χ3v) is 4.28. The van der Waals surface area contributed by atoms with Crippen LogP contribution in [-0.2, 0) is 4.79 Å².